The summed E-state index contributed by atoms with van der Waals surface area (Å²) >= 11 is 0. The second kappa shape index (κ2) is 7.65. The van der Waals surface area contributed by atoms with Crippen molar-refractivity contribution in [2.24, 2.45) is 0 Å². The van der Waals surface area contributed by atoms with Gasteiger partial charge in [-0.2, -0.15) is 18.4 Å². The fourth-order valence-corrected chi connectivity index (χ4v) is 2.90. The summed E-state index contributed by atoms with van der Waals surface area (Å²) in [6, 6.07) is 13.6. The number of alkyl halides is 3. The number of nitriles is 1. The Balaban J connectivity index is 1.90. The number of rotatable bonds is 4. The molecule has 0 spiro atoms. The molecule has 0 aliphatic rings. The third-order valence-corrected chi connectivity index (χ3v) is 4.36. The van der Waals surface area contributed by atoms with Crippen LogP contribution in [0.1, 0.15) is 32.6 Å². The molecule has 28 heavy (non-hydrogen) atoms. The molecule has 2 aromatic carbocycles. The number of aromatic nitrogens is 1. The third-order valence-electron chi connectivity index (χ3n) is 4.36. The van der Waals surface area contributed by atoms with Gasteiger partial charge in [0.1, 0.15) is 6.07 Å². The van der Waals surface area contributed by atoms with E-state index >= 15 is 0 Å². The SMILES string of the molecule is Cc1ccc(C(=O)Cc2cccc(C(F)(F)F)c2)cc1-c1cncc(C#N)c1. The maximum atomic E-state index is 12.9. The highest BCUT2D eigenvalue weighted by Gasteiger charge is 2.30. The van der Waals surface area contributed by atoms with Gasteiger partial charge in [0.2, 0.25) is 0 Å². The highest BCUT2D eigenvalue weighted by molar-refractivity contribution is 5.98. The molecule has 0 fully saturated rings. The number of nitrogens with zero attached hydrogens (tertiary/aromatic N) is 2. The second-order valence-corrected chi connectivity index (χ2v) is 6.40. The summed E-state index contributed by atoms with van der Waals surface area (Å²) in [5.41, 5.74) is 2.66. The summed E-state index contributed by atoms with van der Waals surface area (Å²) in [6.07, 6.45) is -1.54. The van der Waals surface area contributed by atoms with Crippen LogP contribution in [0.25, 0.3) is 11.1 Å². The van der Waals surface area contributed by atoms with Crippen molar-refractivity contribution >= 4 is 5.78 Å². The van der Waals surface area contributed by atoms with Crippen molar-refractivity contribution in [3.05, 3.63) is 88.7 Å². The molecule has 1 heterocycles. The van der Waals surface area contributed by atoms with Crippen LogP contribution in [0.3, 0.4) is 0 Å². The highest BCUT2D eigenvalue weighted by atomic mass is 19.4. The molecule has 3 aromatic rings. The Morgan fingerprint density at radius 2 is 1.89 bits per heavy atom. The zero-order valence-corrected chi connectivity index (χ0v) is 14.9. The van der Waals surface area contributed by atoms with Gasteiger partial charge in [0, 0.05) is 29.9 Å². The third kappa shape index (κ3) is 4.26. The van der Waals surface area contributed by atoms with Gasteiger partial charge in [0.15, 0.2) is 5.78 Å². The first-order valence-electron chi connectivity index (χ1n) is 8.43. The standard InChI is InChI=1S/C22H15F3N2O/c1-14-5-6-17(10-20(14)18-7-16(11-26)12-27-13-18)21(28)9-15-3-2-4-19(8-15)22(23,24)25/h2-8,10,12-13H,9H2,1H3. The molecule has 0 bridgehead atoms. The minimum absolute atomic E-state index is 0.136. The number of carbonyl (C=O) groups is 1. The van der Waals surface area contributed by atoms with Crippen LogP contribution >= 0.6 is 0 Å². The van der Waals surface area contributed by atoms with E-state index in [1.54, 1.807) is 30.5 Å². The Hall–Kier alpha value is -3.46. The number of ketones is 1. The van der Waals surface area contributed by atoms with Crippen molar-refractivity contribution in [3.63, 3.8) is 0 Å². The Morgan fingerprint density at radius 3 is 2.61 bits per heavy atom. The smallest absolute Gasteiger partial charge is 0.294 e. The fourth-order valence-electron chi connectivity index (χ4n) is 2.90. The molecule has 0 aliphatic carbocycles. The zero-order chi connectivity index (χ0) is 20.3. The van der Waals surface area contributed by atoms with Gasteiger partial charge >= 0.3 is 6.18 Å². The maximum Gasteiger partial charge on any atom is 0.416 e. The Labute approximate surface area is 160 Å². The van der Waals surface area contributed by atoms with Gasteiger partial charge in [-0.3, -0.25) is 9.78 Å². The number of aryl methyl sites for hydroxylation is 1. The van der Waals surface area contributed by atoms with E-state index in [2.05, 4.69) is 4.98 Å². The van der Waals surface area contributed by atoms with Gasteiger partial charge in [0.25, 0.3) is 0 Å². The molecular weight excluding hydrogens is 365 g/mol. The molecule has 0 atom stereocenters. The van der Waals surface area contributed by atoms with Crippen molar-refractivity contribution < 1.29 is 18.0 Å². The highest BCUT2D eigenvalue weighted by Crippen LogP contribution is 2.30. The summed E-state index contributed by atoms with van der Waals surface area (Å²) in [5.74, 6) is -0.287. The Kier molecular flexibility index (Phi) is 5.27. The molecule has 3 rings (SSSR count). The van der Waals surface area contributed by atoms with Gasteiger partial charge in [-0.25, -0.2) is 0 Å². The number of hydrogen-bond donors (Lipinski definition) is 0. The van der Waals surface area contributed by atoms with Gasteiger partial charge < -0.3 is 0 Å². The lowest BCUT2D eigenvalue weighted by atomic mass is 9.95. The lowest BCUT2D eigenvalue weighted by Crippen LogP contribution is -2.08. The van der Waals surface area contributed by atoms with E-state index in [4.69, 9.17) is 5.26 Å². The molecule has 6 heteroatoms. The molecule has 0 unspecified atom stereocenters. The van der Waals surface area contributed by atoms with E-state index in [0.717, 1.165) is 23.3 Å². The zero-order valence-electron chi connectivity index (χ0n) is 14.9. The quantitative estimate of drug-likeness (QED) is 0.572. The van der Waals surface area contributed by atoms with E-state index in [-0.39, 0.29) is 12.2 Å². The molecule has 0 saturated heterocycles. The maximum absolute atomic E-state index is 12.9. The number of Topliss-reactive ketones (excluding diaryl/α,β-unsaturated/α-hetero) is 1. The second-order valence-electron chi connectivity index (χ2n) is 6.40. The first-order valence-corrected chi connectivity index (χ1v) is 8.43. The van der Waals surface area contributed by atoms with Crippen LogP contribution in [0.5, 0.6) is 0 Å². The molecule has 0 amide bonds. The molecular formula is C22H15F3N2O. The summed E-state index contributed by atoms with van der Waals surface area (Å²) in [4.78, 5) is 16.7. The van der Waals surface area contributed by atoms with Crippen LogP contribution in [0.4, 0.5) is 13.2 Å². The molecule has 0 aliphatic heterocycles. The molecule has 0 radical (unpaired) electrons. The van der Waals surface area contributed by atoms with E-state index in [1.165, 1.54) is 18.3 Å². The first kappa shape index (κ1) is 19.3. The van der Waals surface area contributed by atoms with Gasteiger partial charge in [-0.1, -0.05) is 30.3 Å². The minimum Gasteiger partial charge on any atom is -0.294 e. The van der Waals surface area contributed by atoms with Gasteiger partial charge in [-0.15, -0.1) is 0 Å². The summed E-state index contributed by atoms with van der Waals surface area (Å²) in [6.45, 7) is 1.87. The molecule has 3 nitrogen and oxygen atoms in total. The van der Waals surface area contributed by atoms with E-state index in [9.17, 15) is 18.0 Å². The normalized spacial score (nSPS) is 11.1. The molecule has 1 aromatic heterocycles. The van der Waals surface area contributed by atoms with E-state index in [0.29, 0.717) is 22.3 Å². The summed E-state index contributed by atoms with van der Waals surface area (Å²) in [7, 11) is 0. The van der Waals surface area contributed by atoms with Crippen LogP contribution in [0.2, 0.25) is 0 Å². The van der Waals surface area contributed by atoms with Crippen LogP contribution in [-0.4, -0.2) is 10.8 Å². The predicted octanol–water partition coefficient (Wildman–Crippen LogP) is 5.37. The van der Waals surface area contributed by atoms with Crippen molar-refractivity contribution in [1.29, 1.82) is 5.26 Å². The molecule has 0 saturated carbocycles. The van der Waals surface area contributed by atoms with Crippen molar-refractivity contribution in [1.82, 2.24) is 4.98 Å². The number of halogens is 3. The number of benzene rings is 2. The lowest BCUT2D eigenvalue weighted by Gasteiger charge is -2.10. The van der Waals surface area contributed by atoms with Crippen LogP contribution in [-0.2, 0) is 12.6 Å². The fraction of sp³-hybridized carbons (Fsp3) is 0.136. The van der Waals surface area contributed by atoms with E-state index in [1.807, 2.05) is 13.0 Å². The van der Waals surface area contributed by atoms with Gasteiger partial charge in [0.05, 0.1) is 11.1 Å². The monoisotopic (exact) mass is 380 g/mol. The Morgan fingerprint density at radius 1 is 1.11 bits per heavy atom. The number of carbonyl (C=O) groups excluding carboxylic acids is 1. The number of pyridine rings is 1. The molecule has 0 N–H and O–H groups in total. The predicted molar refractivity (Wildman–Crippen MR) is 98.6 cm³/mol. The largest absolute Gasteiger partial charge is 0.416 e. The Bertz CT molecular complexity index is 1080. The average Bonchev–Trinajstić information content (AvgIpc) is 2.68. The first-order chi connectivity index (χ1) is 13.3. The molecule has 140 valence electrons. The summed E-state index contributed by atoms with van der Waals surface area (Å²) < 4.78 is 38.6. The average molecular weight is 380 g/mol. The van der Waals surface area contributed by atoms with E-state index < -0.39 is 11.7 Å². The van der Waals surface area contributed by atoms with Crippen LogP contribution in [0, 0.1) is 18.3 Å². The topological polar surface area (TPSA) is 53.8 Å². The van der Waals surface area contributed by atoms with Crippen molar-refractivity contribution in [2.75, 3.05) is 0 Å². The van der Waals surface area contributed by atoms with Crippen molar-refractivity contribution in [2.45, 2.75) is 19.5 Å². The lowest BCUT2D eigenvalue weighted by molar-refractivity contribution is -0.137. The number of hydrogen-bond acceptors (Lipinski definition) is 3. The van der Waals surface area contributed by atoms with Crippen LogP contribution < -0.4 is 0 Å². The van der Waals surface area contributed by atoms with Crippen LogP contribution in [0.15, 0.2) is 60.9 Å². The van der Waals surface area contributed by atoms with Crippen molar-refractivity contribution in [3.8, 4) is 17.2 Å². The van der Waals surface area contributed by atoms with Gasteiger partial charge in [-0.05, 0) is 41.8 Å². The summed E-state index contributed by atoms with van der Waals surface area (Å²) in [5, 5.41) is 9.04. The minimum atomic E-state index is -4.45.